The van der Waals surface area contributed by atoms with Crippen LogP contribution in [0.2, 0.25) is 5.02 Å². The molecule has 0 spiro atoms. The van der Waals surface area contributed by atoms with Crippen molar-refractivity contribution < 1.29 is 4.79 Å². The Morgan fingerprint density at radius 1 is 1.14 bits per heavy atom. The van der Waals surface area contributed by atoms with E-state index in [0.29, 0.717) is 16.9 Å². The zero-order chi connectivity index (χ0) is 19.7. The number of benzene rings is 1. The van der Waals surface area contributed by atoms with Crippen LogP contribution in [0.1, 0.15) is 44.1 Å². The molecule has 4 rings (SSSR count). The molecular weight excluding hydrogens is 372 g/mol. The van der Waals surface area contributed by atoms with E-state index in [9.17, 15) is 4.79 Å². The van der Waals surface area contributed by atoms with Gasteiger partial charge in [-0.05, 0) is 73.4 Å². The predicted molar refractivity (Wildman–Crippen MR) is 112 cm³/mol. The molecule has 0 unspecified atom stereocenters. The molecule has 0 saturated heterocycles. The lowest BCUT2D eigenvalue weighted by molar-refractivity contribution is -0.121. The number of hydrogen-bond acceptors (Lipinski definition) is 3. The number of imidazole rings is 1. The number of nitrogens with one attached hydrogen (secondary N) is 1. The highest BCUT2D eigenvalue weighted by Gasteiger charge is 2.30. The van der Waals surface area contributed by atoms with E-state index in [2.05, 4.69) is 21.4 Å². The van der Waals surface area contributed by atoms with Crippen molar-refractivity contribution in [3.05, 3.63) is 53.4 Å². The summed E-state index contributed by atoms with van der Waals surface area (Å²) < 4.78 is 1.97. The molecule has 1 N–H and O–H groups in total. The number of hydrogen-bond donors (Lipinski definition) is 1. The van der Waals surface area contributed by atoms with Gasteiger partial charge in [0.1, 0.15) is 5.52 Å². The molecule has 5 nitrogen and oxygen atoms in total. The van der Waals surface area contributed by atoms with Gasteiger partial charge < -0.3 is 9.88 Å². The minimum absolute atomic E-state index is 0.0102. The molecule has 0 radical (unpaired) electrons. The van der Waals surface area contributed by atoms with Gasteiger partial charge in [-0.3, -0.25) is 4.79 Å². The van der Waals surface area contributed by atoms with Crippen molar-refractivity contribution in [3.63, 3.8) is 0 Å². The largest absolute Gasteiger partial charge is 0.326 e. The molecule has 1 fully saturated rings. The number of carbonyl (C=O) groups excluding carboxylic acids is 1. The van der Waals surface area contributed by atoms with Crippen LogP contribution < -0.4 is 5.32 Å². The smallest absolute Gasteiger partial charge is 0.227 e. The number of anilines is 1. The Labute approximate surface area is 170 Å². The lowest BCUT2D eigenvalue weighted by atomic mass is 9.74. The van der Waals surface area contributed by atoms with Crippen molar-refractivity contribution in [1.82, 2.24) is 14.5 Å². The number of halogens is 1. The molecule has 1 aliphatic carbocycles. The first kappa shape index (κ1) is 18.9. The maximum Gasteiger partial charge on any atom is 0.227 e. The number of carbonyl (C=O) groups is 1. The third-order valence-electron chi connectivity index (χ3n) is 6.07. The Bertz CT molecular complexity index is 974. The fourth-order valence-corrected chi connectivity index (χ4v) is 4.44. The van der Waals surface area contributed by atoms with Gasteiger partial charge in [-0.15, -0.1) is 0 Å². The minimum atomic E-state index is -0.0102. The summed E-state index contributed by atoms with van der Waals surface area (Å²) in [6.07, 6.45) is 7.98. The Kier molecular flexibility index (Phi) is 5.36. The number of aryl methyl sites for hydroxylation is 1. The Morgan fingerprint density at radius 2 is 1.86 bits per heavy atom. The summed E-state index contributed by atoms with van der Waals surface area (Å²) in [6.45, 7) is 2.04. The lowest BCUT2D eigenvalue weighted by Crippen LogP contribution is -2.29. The van der Waals surface area contributed by atoms with Crippen LogP contribution >= 0.6 is 11.6 Å². The summed E-state index contributed by atoms with van der Waals surface area (Å²) in [6, 6.07) is 9.37. The maximum atomic E-state index is 12.7. The monoisotopic (exact) mass is 396 g/mol. The molecule has 2 heterocycles. The zero-order valence-electron chi connectivity index (χ0n) is 16.2. The maximum absolute atomic E-state index is 12.7. The first-order valence-electron chi connectivity index (χ1n) is 9.85. The number of pyridine rings is 1. The zero-order valence-corrected chi connectivity index (χ0v) is 17.0. The summed E-state index contributed by atoms with van der Waals surface area (Å²) in [5, 5.41) is 3.69. The van der Waals surface area contributed by atoms with Gasteiger partial charge >= 0.3 is 0 Å². The van der Waals surface area contributed by atoms with Gasteiger partial charge in [-0.25, -0.2) is 9.97 Å². The standard InChI is InChI=1S/C22H25ClN4O/c1-14(22(28)26-18-9-7-17(23)8-10-18)15-3-5-16(6-4-15)19-11-12-24-21-20(19)25-13-27(21)2/h7-16H,3-6H2,1-2H3,(H,26,28)/t14-,15?,16?/m0/s1. The molecule has 1 amide bonds. The molecule has 1 atom stereocenters. The van der Waals surface area contributed by atoms with Gasteiger partial charge in [0.15, 0.2) is 5.65 Å². The number of fused-ring (bicyclic) bond motifs is 1. The number of amides is 1. The van der Waals surface area contributed by atoms with E-state index < -0.39 is 0 Å². The highest BCUT2D eigenvalue weighted by Crippen LogP contribution is 2.40. The van der Waals surface area contributed by atoms with Gasteiger partial charge in [0.2, 0.25) is 5.91 Å². The summed E-state index contributed by atoms with van der Waals surface area (Å²) in [5.41, 5.74) is 4.05. The van der Waals surface area contributed by atoms with E-state index >= 15 is 0 Å². The first-order valence-corrected chi connectivity index (χ1v) is 10.2. The van der Waals surface area contributed by atoms with E-state index in [1.54, 1.807) is 12.1 Å². The number of aromatic nitrogens is 3. The van der Waals surface area contributed by atoms with Crippen LogP contribution in [0.4, 0.5) is 5.69 Å². The van der Waals surface area contributed by atoms with Gasteiger partial charge in [-0.2, -0.15) is 0 Å². The van der Waals surface area contributed by atoms with Gasteiger partial charge in [0.25, 0.3) is 0 Å². The molecule has 0 aliphatic heterocycles. The van der Waals surface area contributed by atoms with E-state index in [4.69, 9.17) is 11.6 Å². The molecule has 6 heteroatoms. The molecule has 1 saturated carbocycles. The molecular formula is C22H25ClN4O. The van der Waals surface area contributed by atoms with Gasteiger partial charge in [-0.1, -0.05) is 18.5 Å². The van der Waals surface area contributed by atoms with Crippen LogP contribution in [0.5, 0.6) is 0 Å². The van der Waals surface area contributed by atoms with E-state index in [1.807, 2.05) is 43.2 Å². The molecule has 3 aromatic rings. The van der Waals surface area contributed by atoms with Crippen LogP contribution in [-0.4, -0.2) is 20.4 Å². The van der Waals surface area contributed by atoms with Crippen LogP contribution in [0, 0.1) is 11.8 Å². The Balaban J connectivity index is 1.39. The average Bonchev–Trinajstić information content (AvgIpc) is 3.10. The number of rotatable bonds is 4. The molecule has 2 aromatic heterocycles. The summed E-state index contributed by atoms with van der Waals surface area (Å²) >= 11 is 5.91. The molecule has 1 aromatic carbocycles. The van der Waals surface area contributed by atoms with Crippen LogP contribution in [0.3, 0.4) is 0 Å². The van der Waals surface area contributed by atoms with Gasteiger partial charge in [0.05, 0.1) is 6.33 Å². The molecule has 1 aliphatic rings. The quantitative estimate of drug-likeness (QED) is 0.661. The van der Waals surface area contributed by atoms with Crippen LogP contribution in [0.15, 0.2) is 42.9 Å². The van der Waals surface area contributed by atoms with E-state index in [0.717, 1.165) is 42.5 Å². The second kappa shape index (κ2) is 7.92. The van der Waals surface area contributed by atoms with Gasteiger partial charge in [0, 0.05) is 29.9 Å². The second-order valence-electron chi connectivity index (χ2n) is 7.82. The van der Waals surface area contributed by atoms with Crippen LogP contribution in [0.25, 0.3) is 11.2 Å². The number of nitrogens with zero attached hydrogens (tertiary/aromatic N) is 3. The van der Waals surface area contributed by atoms with Crippen molar-refractivity contribution in [2.45, 2.75) is 38.5 Å². The first-order chi connectivity index (χ1) is 13.5. The average molecular weight is 397 g/mol. The topological polar surface area (TPSA) is 59.8 Å². The fraction of sp³-hybridized carbons (Fsp3) is 0.409. The normalized spacial score (nSPS) is 20.8. The Hall–Kier alpha value is -2.40. The summed E-state index contributed by atoms with van der Waals surface area (Å²) in [7, 11) is 1.98. The molecule has 146 valence electrons. The summed E-state index contributed by atoms with van der Waals surface area (Å²) in [4.78, 5) is 21.7. The van der Waals surface area contributed by atoms with Crippen LogP contribution in [-0.2, 0) is 11.8 Å². The minimum Gasteiger partial charge on any atom is -0.326 e. The van der Waals surface area contributed by atoms with E-state index in [1.165, 1.54) is 5.56 Å². The van der Waals surface area contributed by atoms with Crippen molar-refractivity contribution in [2.24, 2.45) is 18.9 Å². The Morgan fingerprint density at radius 3 is 2.57 bits per heavy atom. The van der Waals surface area contributed by atoms with E-state index in [-0.39, 0.29) is 11.8 Å². The van der Waals surface area contributed by atoms with Crippen molar-refractivity contribution >= 4 is 34.4 Å². The second-order valence-corrected chi connectivity index (χ2v) is 8.26. The highest BCUT2D eigenvalue weighted by atomic mass is 35.5. The third kappa shape index (κ3) is 3.76. The molecule has 0 bridgehead atoms. The SMILES string of the molecule is C[C@H](C(=O)Nc1ccc(Cl)cc1)C1CCC(c2ccnc3c2ncn3C)CC1. The van der Waals surface area contributed by atoms with Crippen molar-refractivity contribution in [3.8, 4) is 0 Å². The van der Waals surface area contributed by atoms with Crippen molar-refractivity contribution in [1.29, 1.82) is 0 Å². The van der Waals surface area contributed by atoms with Crippen molar-refractivity contribution in [2.75, 3.05) is 5.32 Å². The summed E-state index contributed by atoms with van der Waals surface area (Å²) in [5.74, 6) is 0.971. The fourth-order valence-electron chi connectivity index (χ4n) is 4.31. The lowest BCUT2D eigenvalue weighted by Gasteiger charge is -2.32. The molecule has 28 heavy (non-hydrogen) atoms. The highest BCUT2D eigenvalue weighted by molar-refractivity contribution is 6.30. The third-order valence-corrected chi connectivity index (χ3v) is 6.33. The predicted octanol–water partition coefficient (Wildman–Crippen LogP) is 5.17.